The molecule has 0 bridgehead atoms. The zero-order chi connectivity index (χ0) is 26.4. The third-order valence-electron chi connectivity index (χ3n) is 7.42. The molecule has 1 fully saturated rings. The molecule has 1 N–H and O–H groups in total. The van der Waals surface area contributed by atoms with Gasteiger partial charge >= 0.3 is 0 Å². The van der Waals surface area contributed by atoms with Crippen molar-refractivity contribution in [2.75, 3.05) is 37.8 Å². The van der Waals surface area contributed by atoms with Gasteiger partial charge in [0.2, 0.25) is 15.9 Å². The summed E-state index contributed by atoms with van der Waals surface area (Å²) in [5.74, 6) is 0.649. The average Bonchev–Trinajstić information content (AvgIpc) is 2.83. The van der Waals surface area contributed by atoms with Crippen LogP contribution in [0.3, 0.4) is 0 Å². The maximum absolute atomic E-state index is 12.4. The van der Waals surface area contributed by atoms with E-state index in [0.717, 1.165) is 57.3 Å². The largest absolute Gasteiger partial charge is 0.326 e. The summed E-state index contributed by atoms with van der Waals surface area (Å²) in [6.45, 7) is 10.1. The summed E-state index contributed by atoms with van der Waals surface area (Å²) in [7, 11) is -3.08. The van der Waals surface area contributed by atoms with Crippen LogP contribution in [0.2, 0.25) is 0 Å². The molecule has 1 atom stereocenters. The third kappa shape index (κ3) is 11.7. The molecule has 6 nitrogen and oxygen atoms in total. The van der Waals surface area contributed by atoms with E-state index in [-0.39, 0.29) is 5.91 Å². The van der Waals surface area contributed by atoms with Gasteiger partial charge in [0, 0.05) is 37.8 Å². The van der Waals surface area contributed by atoms with Crippen LogP contribution in [0.4, 0.5) is 5.69 Å². The minimum atomic E-state index is -3.08. The standard InChI is InChI=1S/C29H51N3O3S/c1-5-7-8-9-10-11-12-16-29(33)30-28-15-13-14-27(23-28)22-25(3)31(19-6-2)24-26-17-20-32(21-18-26)36(4,34)35/h13-15,23,25-26H,5-12,16-22,24H2,1-4H3,(H,30,33). The first-order valence-corrected chi connectivity index (χ1v) is 16.2. The number of piperidine rings is 1. The fourth-order valence-corrected chi connectivity index (χ4v) is 6.12. The highest BCUT2D eigenvalue weighted by molar-refractivity contribution is 7.88. The Bertz CT molecular complexity index is 866. The zero-order valence-electron chi connectivity index (χ0n) is 23.3. The molecule has 1 aliphatic heterocycles. The van der Waals surface area contributed by atoms with Gasteiger partial charge in [-0.1, -0.05) is 64.5 Å². The Balaban J connectivity index is 1.80. The number of anilines is 1. The lowest BCUT2D eigenvalue weighted by Gasteiger charge is -2.36. The smallest absolute Gasteiger partial charge is 0.224 e. The van der Waals surface area contributed by atoms with Crippen LogP contribution in [0.5, 0.6) is 0 Å². The van der Waals surface area contributed by atoms with E-state index >= 15 is 0 Å². The van der Waals surface area contributed by atoms with Crippen LogP contribution in [-0.2, 0) is 21.2 Å². The van der Waals surface area contributed by atoms with Gasteiger partial charge in [0.15, 0.2) is 0 Å². The van der Waals surface area contributed by atoms with Crippen molar-refractivity contribution in [2.45, 2.75) is 104 Å². The van der Waals surface area contributed by atoms with Gasteiger partial charge in [-0.15, -0.1) is 0 Å². The van der Waals surface area contributed by atoms with Crippen LogP contribution in [0.1, 0.15) is 97.0 Å². The Kier molecular flexibility index (Phi) is 14.0. The summed E-state index contributed by atoms with van der Waals surface area (Å²) >= 11 is 0. The lowest BCUT2D eigenvalue weighted by Crippen LogP contribution is -2.44. The number of hydrogen-bond donors (Lipinski definition) is 1. The van der Waals surface area contributed by atoms with Crippen molar-refractivity contribution >= 4 is 21.6 Å². The number of benzene rings is 1. The zero-order valence-corrected chi connectivity index (χ0v) is 24.1. The van der Waals surface area contributed by atoms with E-state index in [4.69, 9.17) is 0 Å². The Labute approximate surface area is 221 Å². The van der Waals surface area contributed by atoms with Crippen LogP contribution in [0.25, 0.3) is 0 Å². The van der Waals surface area contributed by atoms with Crippen LogP contribution >= 0.6 is 0 Å². The minimum Gasteiger partial charge on any atom is -0.326 e. The molecule has 206 valence electrons. The second-order valence-electron chi connectivity index (χ2n) is 10.8. The number of nitrogens with zero attached hydrogens (tertiary/aromatic N) is 2. The van der Waals surface area contributed by atoms with Crippen LogP contribution in [0.15, 0.2) is 24.3 Å². The van der Waals surface area contributed by atoms with Crippen molar-refractivity contribution in [3.63, 3.8) is 0 Å². The first-order chi connectivity index (χ1) is 17.2. The predicted molar refractivity (Wildman–Crippen MR) is 152 cm³/mol. The van der Waals surface area contributed by atoms with Crippen molar-refractivity contribution in [1.82, 2.24) is 9.21 Å². The molecule has 0 saturated carbocycles. The van der Waals surface area contributed by atoms with Gasteiger partial charge < -0.3 is 10.2 Å². The summed E-state index contributed by atoms with van der Waals surface area (Å²) < 4.78 is 25.3. The summed E-state index contributed by atoms with van der Waals surface area (Å²) in [6.07, 6.45) is 14.3. The van der Waals surface area contributed by atoms with Crippen molar-refractivity contribution in [1.29, 1.82) is 0 Å². The highest BCUT2D eigenvalue weighted by atomic mass is 32.2. The van der Waals surface area contributed by atoms with Crippen molar-refractivity contribution in [3.8, 4) is 0 Å². The molecule has 0 spiro atoms. The van der Waals surface area contributed by atoms with Crippen LogP contribution in [0, 0.1) is 5.92 Å². The average molecular weight is 522 g/mol. The lowest BCUT2D eigenvalue weighted by atomic mass is 9.96. The first-order valence-electron chi connectivity index (χ1n) is 14.3. The molecule has 1 amide bonds. The van der Waals surface area contributed by atoms with Crippen molar-refractivity contribution in [3.05, 3.63) is 29.8 Å². The van der Waals surface area contributed by atoms with Gasteiger partial charge in [0.1, 0.15) is 0 Å². The number of carbonyl (C=O) groups is 1. The Hall–Kier alpha value is -1.44. The molecular formula is C29H51N3O3S. The molecule has 1 heterocycles. The molecule has 1 aromatic rings. The van der Waals surface area contributed by atoms with Crippen molar-refractivity contribution < 1.29 is 13.2 Å². The van der Waals surface area contributed by atoms with E-state index in [2.05, 4.69) is 43.1 Å². The van der Waals surface area contributed by atoms with Crippen LogP contribution < -0.4 is 5.32 Å². The number of hydrogen-bond acceptors (Lipinski definition) is 4. The highest BCUT2D eigenvalue weighted by Gasteiger charge is 2.27. The van der Waals surface area contributed by atoms with E-state index in [0.29, 0.717) is 31.5 Å². The summed E-state index contributed by atoms with van der Waals surface area (Å²) in [5, 5.41) is 3.10. The molecule has 1 unspecified atom stereocenters. The Morgan fingerprint density at radius 3 is 2.36 bits per heavy atom. The van der Waals surface area contributed by atoms with E-state index in [1.54, 1.807) is 4.31 Å². The van der Waals surface area contributed by atoms with Gasteiger partial charge in [-0.05, 0) is 69.2 Å². The molecule has 2 rings (SSSR count). The predicted octanol–water partition coefficient (Wildman–Crippen LogP) is 6.08. The lowest BCUT2D eigenvalue weighted by molar-refractivity contribution is -0.116. The topological polar surface area (TPSA) is 69.7 Å². The molecule has 7 heteroatoms. The van der Waals surface area contributed by atoms with Gasteiger partial charge in [-0.25, -0.2) is 12.7 Å². The fraction of sp³-hybridized carbons (Fsp3) is 0.759. The monoisotopic (exact) mass is 521 g/mol. The van der Waals surface area contributed by atoms with Gasteiger partial charge in [-0.2, -0.15) is 0 Å². The number of nitrogens with one attached hydrogen (secondary N) is 1. The third-order valence-corrected chi connectivity index (χ3v) is 8.72. The maximum Gasteiger partial charge on any atom is 0.224 e. The molecule has 1 saturated heterocycles. The van der Waals surface area contributed by atoms with E-state index in [1.807, 2.05) is 12.1 Å². The van der Waals surface area contributed by atoms with Gasteiger partial charge in [0.05, 0.1) is 6.26 Å². The fourth-order valence-electron chi connectivity index (χ4n) is 5.25. The minimum absolute atomic E-state index is 0.113. The number of amides is 1. The summed E-state index contributed by atoms with van der Waals surface area (Å²) in [5.41, 5.74) is 2.13. The Morgan fingerprint density at radius 1 is 1.06 bits per heavy atom. The molecule has 0 aliphatic carbocycles. The first kappa shape index (κ1) is 30.8. The second kappa shape index (κ2) is 16.4. The van der Waals surface area contributed by atoms with Gasteiger partial charge in [0.25, 0.3) is 0 Å². The molecule has 1 aromatic carbocycles. The van der Waals surface area contributed by atoms with E-state index < -0.39 is 10.0 Å². The quantitative estimate of drug-likeness (QED) is 0.252. The maximum atomic E-state index is 12.4. The number of sulfonamides is 1. The number of unbranched alkanes of at least 4 members (excludes halogenated alkanes) is 6. The second-order valence-corrected chi connectivity index (χ2v) is 12.8. The highest BCUT2D eigenvalue weighted by Crippen LogP contribution is 2.23. The summed E-state index contributed by atoms with van der Waals surface area (Å²) in [4.78, 5) is 15.0. The van der Waals surface area contributed by atoms with E-state index in [1.165, 1.54) is 43.9 Å². The van der Waals surface area contributed by atoms with Crippen LogP contribution in [-0.4, -0.2) is 62.0 Å². The molecule has 0 aromatic heterocycles. The summed E-state index contributed by atoms with van der Waals surface area (Å²) in [6, 6.07) is 8.68. The number of rotatable bonds is 17. The Morgan fingerprint density at radius 2 is 1.72 bits per heavy atom. The SMILES string of the molecule is CCCCCCCCCC(=O)Nc1cccc(CC(C)N(CCC)CC2CCN(S(C)(=O)=O)CC2)c1. The van der Waals surface area contributed by atoms with Gasteiger partial charge in [-0.3, -0.25) is 4.79 Å². The number of carbonyl (C=O) groups excluding carboxylic acids is 1. The van der Waals surface area contributed by atoms with Crippen molar-refractivity contribution in [2.24, 2.45) is 5.92 Å². The molecular weight excluding hydrogens is 470 g/mol. The van der Waals surface area contributed by atoms with E-state index in [9.17, 15) is 13.2 Å². The molecule has 0 radical (unpaired) electrons. The normalized spacial score (nSPS) is 16.4. The molecule has 36 heavy (non-hydrogen) atoms. The molecule has 1 aliphatic rings.